The van der Waals surface area contributed by atoms with Crippen molar-refractivity contribution in [2.24, 2.45) is 0 Å². The van der Waals surface area contributed by atoms with Crippen molar-refractivity contribution in [1.29, 1.82) is 0 Å². The summed E-state index contributed by atoms with van der Waals surface area (Å²) < 4.78 is 1.48. The molecule has 0 unspecified atom stereocenters. The summed E-state index contributed by atoms with van der Waals surface area (Å²) in [5.74, 6) is 0. The normalized spacial score (nSPS) is 12.2. The Hall–Kier alpha value is -1.99. The van der Waals surface area contributed by atoms with Gasteiger partial charge >= 0.3 is 16.5 Å². The van der Waals surface area contributed by atoms with Crippen molar-refractivity contribution in [2.45, 2.75) is 190 Å². The van der Waals surface area contributed by atoms with E-state index in [4.69, 9.17) is 0 Å². The second kappa shape index (κ2) is 30.6. The van der Waals surface area contributed by atoms with Crippen molar-refractivity contribution in [3.63, 3.8) is 0 Å². The van der Waals surface area contributed by atoms with Crippen molar-refractivity contribution in [3.05, 3.63) is 101 Å². The first-order valence-corrected chi connectivity index (χ1v) is 20.6. The average molecular weight is 728 g/mol. The first kappa shape index (κ1) is 48.0. The fourth-order valence-electron chi connectivity index (χ4n) is 6.34. The smallest absolute Gasteiger partial charge is 0.493 e. The van der Waals surface area contributed by atoms with E-state index in [2.05, 4.69) is 105 Å². The largest absolute Gasteiger partial charge is 2.00 e. The molecule has 0 atom stereocenters. The van der Waals surface area contributed by atoms with E-state index in [1.807, 2.05) is 0 Å². The Morgan fingerprint density at radius 3 is 1.18 bits per heavy atom. The van der Waals surface area contributed by atoms with Crippen LogP contribution in [0.3, 0.4) is 0 Å². The molecule has 0 N–H and O–H groups in total. The van der Waals surface area contributed by atoms with E-state index in [1.54, 1.807) is 0 Å². The van der Waals surface area contributed by atoms with Crippen molar-refractivity contribution < 1.29 is 21.2 Å². The average Bonchev–Trinajstić information content (AvgIpc) is 3.41. The summed E-state index contributed by atoms with van der Waals surface area (Å²) in [7, 11) is 0. The maximum Gasteiger partial charge on any atom is 2.00 e. The van der Waals surface area contributed by atoms with Crippen LogP contribution in [-0.2, 0) is 42.2 Å². The molecule has 0 amide bonds. The van der Waals surface area contributed by atoms with Gasteiger partial charge in [-0.1, -0.05) is 131 Å². The van der Waals surface area contributed by atoms with Gasteiger partial charge in [0.25, 0.3) is 0 Å². The van der Waals surface area contributed by atoms with Gasteiger partial charge in [0.15, 0.2) is 0 Å². The monoisotopic (exact) mass is 727 g/mol. The van der Waals surface area contributed by atoms with Crippen molar-refractivity contribution in [1.82, 2.24) is 0 Å². The minimum atomic E-state index is 0. The summed E-state index contributed by atoms with van der Waals surface area (Å²) in [5, 5.41) is 0. The molecule has 1 aliphatic heterocycles. The van der Waals surface area contributed by atoms with E-state index >= 15 is 0 Å². The number of hydrogen-bond acceptors (Lipinski definition) is 0. The van der Waals surface area contributed by atoms with Gasteiger partial charge in [-0.25, -0.2) is 4.70 Å². The molecule has 1 heterocycles. The predicted molar refractivity (Wildman–Crippen MR) is 220 cm³/mol. The summed E-state index contributed by atoms with van der Waals surface area (Å²) >= 11 is 0. The second-order valence-corrected chi connectivity index (χ2v) is 14.2. The van der Waals surface area contributed by atoms with Crippen LogP contribution in [0.1, 0.15) is 197 Å². The Labute approximate surface area is 321 Å². The van der Waals surface area contributed by atoms with E-state index in [1.165, 1.54) is 130 Å². The molecule has 0 bridgehead atoms. The molecule has 284 valence electrons. The van der Waals surface area contributed by atoms with Gasteiger partial charge in [0.05, 0.1) is 0 Å². The maximum absolute atomic E-state index is 11.6. The Morgan fingerprint density at radius 2 is 0.840 bits per heavy atom. The molecule has 0 saturated carbocycles. The van der Waals surface area contributed by atoms with Crippen LogP contribution < -0.4 is 0 Å². The first-order chi connectivity index (χ1) is 23.8. The molecular formula is C47H76N2Ni. The Balaban J connectivity index is 0.00000191. The number of aryl methyl sites for hydroxylation is 4. The quantitative estimate of drug-likeness (QED) is 0.0499. The van der Waals surface area contributed by atoms with Crippen molar-refractivity contribution in [2.75, 3.05) is 0 Å². The van der Waals surface area contributed by atoms with Crippen LogP contribution in [0.2, 0.25) is 0 Å². The molecule has 0 spiro atoms. The summed E-state index contributed by atoms with van der Waals surface area (Å²) in [5.41, 5.74) is 22.6. The molecule has 3 rings (SSSR count). The van der Waals surface area contributed by atoms with Gasteiger partial charge < -0.3 is 19.4 Å². The zero-order valence-electron chi connectivity index (χ0n) is 33.7. The van der Waals surface area contributed by atoms with Gasteiger partial charge in [-0.05, 0) is 105 Å². The van der Waals surface area contributed by atoms with Crippen LogP contribution in [-0.4, -0.2) is 4.70 Å². The molecule has 0 saturated heterocycles. The van der Waals surface area contributed by atoms with E-state index in [9.17, 15) is 5.53 Å². The Kier molecular flexibility index (Phi) is 29.4. The van der Waals surface area contributed by atoms with Gasteiger partial charge in [0, 0.05) is 22.8 Å². The minimum absolute atomic E-state index is 0. The molecule has 2 aromatic rings. The zero-order valence-corrected chi connectivity index (χ0v) is 34.7. The summed E-state index contributed by atoms with van der Waals surface area (Å²) in [6, 6.07) is 14.1. The number of unbranched alkanes of at least 4 members (excludes halogenated alkanes) is 12. The third kappa shape index (κ3) is 19.0. The van der Waals surface area contributed by atoms with Gasteiger partial charge in [0.1, 0.15) is 0 Å². The topological polar surface area (TPSA) is 25.3 Å². The fraction of sp³-hybridized carbons (Fsp3) is 0.617. The second-order valence-electron chi connectivity index (χ2n) is 14.2. The molecule has 0 fully saturated rings. The molecule has 50 heavy (non-hydrogen) atoms. The first-order valence-electron chi connectivity index (χ1n) is 20.6. The van der Waals surface area contributed by atoms with Gasteiger partial charge in [-0.15, -0.1) is 0 Å². The van der Waals surface area contributed by atoms with Crippen LogP contribution in [0, 0.1) is 13.8 Å². The van der Waals surface area contributed by atoms with Crippen LogP contribution in [0.15, 0.2) is 48.0 Å². The summed E-state index contributed by atoms with van der Waals surface area (Å²) in [6.45, 7) is 22.9. The standard InChI is InChI=1S/C37H54N2.2C5H11.Ni/c1-6-10-14-16-20-32-24-33(21-17-15-11-7-2)28-35(27-32)37-29(5)22-36(39(37)38)34-25-30(18-12-8-3)23-31(26-34)19-13-9-4;2*1-3-5-4-2;/h22-28H,6-21H2,1-5H3;2*1,3-5H2,2H3;/q;2*-1;+2. The summed E-state index contributed by atoms with van der Waals surface area (Å²) in [4.78, 5) is 0. The van der Waals surface area contributed by atoms with Gasteiger partial charge in [0.2, 0.25) is 11.4 Å². The van der Waals surface area contributed by atoms with E-state index in [-0.39, 0.29) is 16.5 Å². The fourth-order valence-corrected chi connectivity index (χ4v) is 6.34. The van der Waals surface area contributed by atoms with Gasteiger partial charge in [-0.2, -0.15) is 12.8 Å². The molecular weight excluding hydrogens is 651 g/mol. The number of allylic oxidation sites excluding steroid dienone is 2. The number of hydrogen-bond donors (Lipinski definition) is 0. The van der Waals surface area contributed by atoms with E-state index < -0.39 is 0 Å². The van der Waals surface area contributed by atoms with Crippen LogP contribution in [0.4, 0.5) is 0 Å². The minimum Gasteiger partial charge on any atom is -0.493 e. The summed E-state index contributed by atoms with van der Waals surface area (Å²) in [6.07, 6.45) is 28.9. The molecule has 2 aromatic carbocycles. The number of nitrogens with zero attached hydrogens (tertiary/aromatic N) is 2. The van der Waals surface area contributed by atoms with Crippen LogP contribution in [0.25, 0.3) is 16.9 Å². The van der Waals surface area contributed by atoms with Crippen molar-refractivity contribution in [3.8, 4) is 0 Å². The van der Waals surface area contributed by atoms with Gasteiger partial charge in [-0.3, -0.25) is 0 Å². The van der Waals surface area contributed by atoms with Crippen LogP contribution in [0.5, 0.6) is 0 Å². The van der Waals surface area contributed by atoms with Crippen molar-refractivity contribution >= 4 is 11.4 Å². The van der Waals surface area contributed by atoms with E-state index in [0.717, 1.165) is 66.6 Å². The molecule has 1 aliphatic rings. The molecule has 0 aromatic heterocycles. The SMILES string of the molecule is CCCCCCc1cc(CCCCCC)cc(C2=C(C)C=C(c3cc(CCCC)cc(CCCC)c3)[N+]2=[N-])c1.[CH2-]CCCC.[CH2-]CCCC.[Ni+2]. The van der Waals surface area contributed by atoms with E-state index in [0.29, 0.717) is 0 Å². The molecule has 2 nitrogen and oxygen atoms in total. The third-order valence-corrected chi connectivity index (χ3v) is 9.32. The molecule has 0 radical (unpaired) electrons. The zero-order chi connectivity index (χ0) is 36.3. The molecule has 3 heteroatoms. The molecule has 0 aliphatic carbocycles. The number of rotatable bonds is 22. The third-order valence-electron chi connectivity index (χ3n) is 9.32. The maximum atomic E-state index is 11.6. The Morgan fingerprint density at radius 1 is 0.480 bits per heavy atom. The van der Waals surface area contributed by atoms with Crippen LogP contribution >= 0.6 is 0 Å². The predicted octanol–water partition coefficient (Wildman–Crippen LogP) is 15.5. The number of benzene rings is 2. The Bertz CT molecular complexity index is 1170.